The number of allylic oxidation sites excluding steroid dienone is 1. The average molecular weight is 596 g/mol. The van der Waals surface area contributed by atoms with Gasteiger partial charge in [0.25, 0.3) is 11.6 Å². The fourth-order valence-corrected chi connectivity index (χ4v) is 5.42. The molecular formula is C33H29N3O6S. The Balaban J connectivity index is 1.46. The van der Waals surface area contributed by atoms with Gasteiger partial charge in [0, 0.05) is 17.7 Å². The van der Waals surface area contributed by atoms with Crippen LogP contribution in [0, 0.1) is 10.1 Å². The minimum absolute atomic E-state index is 0.0162. The smallest absolute Gasteiger partial charge is 0.269 e. The Bertz CT molecular complexity index is 1660. The fourth-order valence-electron chi connectivity index (χ4n) is 4.42. The highest BCUT2D eigenvalue weighted by Gasteiger charge is 2.34. The molecule has 9 nitrogen and oxygen atoms in total. The highest BCUT2D eigenvalue weighted by atomic mass is 32.2. The number of amides is 1. The van der Waals surface area contributed by atoms with E-state index in [2.05, 4.69) is 6.58 Å². The largest absolute Gasteiger partial charge is 0.490 e. The van der Waals surface area contributed by atoms with Crippen LogP contribution >= 0.6 is 11.8 Å². The van der Waals surface area contributed by atoms with Crippen molar-refractivity contribution in [2.75, 3.05) is 6.61 Å². The number of benzene rings is 3. The molecule has 1 amide bonds. The minimum atomic E-state index is -0.437. The molecule has 10 heteroatoms. The number of furan rings is 1. The number of nitrogens with zero attached hydrogens (tertiary/aromatic N) is 3. The van der Waals surface area contributed by atoms with Crippen LogP contribution in [0.1, 0.15) is 29.4 Å². The summed E-state index contributed by atoms with van der Waals surface area (Å²) < 4.78 is 17.7. The van der Waals surface area contributed by atoms with Gasteiger partial charge in [-0.15, -0.1) is 6.58 Å². The van der Waals surface area contributed by atoms with Crippen LogP contribution in [0.25, 0.3) is 6.08 Å². The molecule has 0 unspecified atom stereocenters. The van der Waals surface area contributed by atoms with Gasteiger partial charge in [0.15, 0.2) is 16.7 Å². The Kier molecular flexibility index (Phi) is 9.38. The number of hydrogen-bond donors (Lipinski definition) is 0. The first-order valence-electron chi connectivity index (χ1n) is 13.6. The molecule has 218 valence electrons. The number of thioether (sulfide) groups is 1. The van der Waals surface area contributed by atoms with Gasteiger partial charge in [0.05, 0.1) is 34.9 Å². The van der Waals surface area contributed by atoms with Gasteiger partial charge >= 0.3 is 0 Å². The summed E-state index contributed by atoms with van der Waals surface area (Å²) in [7, 11) is 0. The standard InChI is InChI=1S/C33H29N3O6S/c1-3-9-25-18-24(19-29(40-4-2)31(25)42-22-23-13-15-27(16-14-23)36(38)39)20-30-32(37)35(21-28-12-8-17-41-28)33(43-30)34-26-10-6-5-7-11-26/h3,5-8,10-20H,1,4,9,21-22H2,2H3/b30-20-,34-33?. The number of hydrogen-bond acceptors (Lipinski definition) is 8. The summed E-state index contributed by atoms with van der Waals surface area (Å²) in [5.74, 6) is 1.55. The van der Waals surface area contributed by atoms with Crippen molar-refractivity contribution in [2.24, 2.45) is 4.99 Å². The molecule has 4 aromatic rings. The Labute approximate surface area is 253 Å². The predicted octanol–water partition coefficient (Wildman–Crippen LogP) is 7.70. The van der Waals surface area contributed by atoms with E-state index in [9.17, 15) is 14.9 Å². The van der Waals surface area contributed by atoms with Crippen LogP contribution in [0.2, 0.25) is 0 Å². The molecule has 0 aliphatic carbocycles. The second-order valence-electron chi connectivity index (χ2n) is 9.46. The number of carbonyl (C=O) groups excluding carboxylic acids is 1. The molecule has 43 heavy (non-hydrogen) atoms. The van der Waals surface area contributed by atoms with E-state index in [0.29, 0.717) is 40.4 Å². The summed E-state index contributed by atoms with van der Waals surface area (Å²) in [6.45, 7) is 6.62. The number of carbonyl (C=O) groups is 1. The van der Waals surface area contributed by atoms with Crippen LogP contribution < -0.4 is 9.47 Å². The number of nitro benzene ring substituents is 1. The number of amidine groups is 1. The molecule has 1 fully saturated rings. The molecule has 2 heterocycles. The third kappa shape index (κ3) is 7.22. The topological polar surface area (TPSA) is 107 Å². The Morgan fingerprint density at radius 2 is 1.86 bits per heavy atom. The van der Waals surface area contributed by atoms with Crippen LogP contribution in [-0.4, -0.2) is 27.5 Å². The van der Waals surface area contributed by atoms with Gasteiger partial charge in [-0.3, -0.25) is 19.8 Å². The summed E-state index contributed by atoms with van der Waals surface area (Å²) in [5.41, 5.74) is 3.12. The highest BCUT2D eigenvalue weighted by molar-refractivity contribution is 8.18. The lowest BCUT2D eigenvalue weighted by atomic mass is 10.0. The number of nitro groups is 1. The van der Waals surface area contributed by atoms with Crippen LogP contribution in [0.15, 0.2) is 112 Å². The third-order valence-electron chi connectivity index (χ3n) is 6.41. The first-order chi connectivity index (χ1) is 20.9. The second-order valence-corrected chi connectivity index (χ2v) is 10.5. The van der Waals surface area contributed by atoms with E-state index in [1.54, 1.807) is 35.4 Å². The van der Waals surface area contributed by atoms with Crippen molar-refractivity contribution < 1.29 is 23.6 Å². The lowest BCUT2D eigenvalue weighted by Crippen LogP contribution is -2.28. The molecule has 1 aliphatic rings. The summed E-state index contributed by atoms with van der Waals surface area (Å²) in [6.07, 6.45) is 5.67. The van der Waals surface area contributed by atoms with E-state index < -0.39 is 4.92 Å². The van der Waals surface area contributed by atoms with Crippen molar-refractivity contribution in [1.82, 2.24) is 4.90 Å². The van der Waals surface area contributed by atoms with Gasteiger partial charge in [0.1, 0.15) is 12.4 Å². The van der Waals surface area contributed by atoms with Gasteiger partial charge in [-0.1, -0.05) is 24.3 Å². The monoisotopic (exact) mass is 595 g/mol. The van der Waals surface area contributed by atoms with E-state index in [-0.39, 0.29) is 24.7 Å². The van der Waals surface area contributed by atoms with Crippen LogP contribution in [0.4, 0.5) is 11.4 Å². The van der Waals surface area contributed by atoms with Crippen molar-refractivity contribution in [3.05, 3.63) is 135 Å². The summed E-state index contributed by atoms with van der Waals surface area (Å²) in [5, 5.41) is 11.6. The fraction of sp³-hybridized carbons (Fsp3) is 0.152. The maximum atomic E-state index is 13.7. The van der Waals surface area contributed by atoms with E-state index in [4.69, 9.17) is 18.9 Å². The van der Waals surface area contributed by atoms with Crippen LogP contribution in [0.5, 0.6) is 11.5 Å². The second kappa shape index (κ2) is 13.7. The van der Waals surface area contributed by atoms with E-state index in [0.717, 1.165) is 22.4 Å². The first kappa shape index (κ1) is 29.4. The predicted molar refractivity (Wildman–Crippen MR) is 167 cm³/mol. The zero-order chi connectivity index (χ0) is 30.2. The SMILES string of the molecule is C=CCc1cc(/C=C2\SC(=Nc3ccccc3)N(Cc3ccco3)C2=O)cc(OCC)c1OCc1ccc([N+](=O)[O-])cc1. The van der Waals surface area contributed by atoms with Crippen molar-refractivity contribution >= 4 is 40.3 Å². The molecule has 0 atom stereocenters. The lowest BCUT2D eigenvalue weighted by Gasteiger charge is -2.17. The molecule has 0 radical (unpaired) electrons. The number of rotatable bonds is 12. The Morgan fingerprint density at radius 3 is 2.53 bits per heavy atom. The Morgan fingerprint density at radius 1 is 1.07 bits per heavy atom. The molecule has 3 aromatic carbocycles. The Hall–Kier alpha value is -5.09. The van der Waals surface area contributed by atoms with Crippen molar-refractivity contribution in [3.8, 4) is 11.5 Å². The summed E-state index contributed by atoms with van der Waals surface area (Å²) >= 11 is 1.30. The molecular weight excluding hydrogens is 566 g/mol. The van der Waals surface area contributed by atoms with Gasteiger partial charge in [-0.25, -0.2) is 4.99 Å². The normalized spacial score (nSPS) is 14.8. The molecule has 0 N–H and O–H groups in total. The van der Waals surface area contributed by atoms with Crippen LogP contribution in [-0.2, 0) is 24.4 Å². The average Bonchev–Trinajstić information content (AvgIpc) is 3.62. The molecule has 1 aromatic heterocycles. The molecule has 1 saturated heterocycles. The van der Waals surface area contributed by atoms with Gasteiger partial charge in [-0.05, 0) is 90.8 Å². The van der Waals surface area contributed by atoms with Crippen molar-refractivity contribution in [3.63, 3.8) is 0 Å². The first-order valence-corrected chi connectivity index (χ1v) is 14.4. The summed E-state index contributed by atoms with van der Waals surface area (Å²) in [4.78, 5) is 31.1. The number of aliphatic imine (C=N–C) groups is 1. The number of para-hydroxylation sites is 1. The highest BCUT2D eigenvalue weighted by Crippen LogP contribution is 2.39. The minimum Gasteiger partial charge on any atom is -0.490 e. The maximum Gasteiger partial charge on any atom is 0.269 e. The van der Waals surface area contributed by atoms with E-state index >= 15 is 0 Å². The van der Waals surface area contributed by atoms with Gasteiger partial charge < -0.3 is 13.9 Å². The van der Waals surface area contributed by atoms with E-state index in [1.165, 1.54) is 23.9 Å². The van der Waals surface area contributed by atoms with Crippen molar-refractivity contribution in [1.29, 1.82) is 0 Å². The molecule has 0 saturated carbocycles. The zero-order valence-electron chi connectivity index (χ0n) is 23.5. The molecule has 1 aliphatic heterocycles. The van der Waals surface area contributed by atoms with Gasteiger partial charge in [-0.2, -0.15) is 0 Å². The van der Waals surface area contributed by atoms with Crippen LogP contribution in [0.3, 0.4) is 0 Å². The third-order valence-corrected chi connectivity index (χ3v) is 7.42. The molecule has 0 bridgehead atoms. The van der Waals surface area contributed by atoms with Crippen molar-refractivity contribution in [2.45, 2.75) is 26.5 Å². The maximum absolute atomic E-state index is 13.7. The van der Waals surface area contributed by atoms with E-state index in [1.807, 2.05) is 61.5 Å². The molecule has 0 spiro atoms. The number of non-ortho nitro benzene ring substituents is 1. The lowest BCUT2D eigenvalue weighted by molar-refractivity contribution is -0.384. The zero-order valence-corrected chi connectivity index (χ0v) is 24.3. The quantitative estimate of drug-likeness (QED) is 0.0715. The molecule has 5 rings (SSSR count). The number of ether oxygens (including phenoxy) is 2. The summed E-state index contributed by atoms with van der Waals surface area (Å²) in [6, 6.07) is 23.1. The van der Waals surface area contributed by atoms with Gasteiger partial charge in [0.2, 0.25) is 0 Å².